The molecule has 3 aromatic carbocycles. The van der Waals surface area contributed by atoms with Crippen LogP contribution in [0.1, 0.15) is 16.7 Å². The number of ether oxygens (including phenoxy) is 1. The first-order valence-electron chi connectivity index (χ1n) is 10.1. The van der Waals surface area contributed by atoms with Crippen molar-refractivity contribution < 1.29 is 19.1 Å². The molecule has 0 aromatic heterocycles. The van der Waals surface area contributed by atoms with E-state index in [0.717, 1.165) is 10.5 Å². The van der Waals surface area contributed by atoms with Crippen LogP contribution in [0.25, 0.3) is 6.08 Å². The molecule has 3 aromatic rings. The predicted molar refractivity (Wildman–Crippen MR) is 135 cm³/mol. The molecule has 6 nitrogen and oxygen atoms in total. The maximum atomic E-state index is 13.3. The topological polar surface area (TPSA) is 75.7 Å². The van der Waals surface area contributed by atoms with Crippen LogP contribution in [0.15, 0.2) is 70.7 Å². The first-order chi connectivity index (χ1) is 16.3. The van der Waals surface area contributed by atoms with Gasteiger partial charge in [-0.1, -0.05) is 63.4 Å². The van der Waals surface area contributed by atoms with Gasteiger partial charge in [-0.05, 0) is 55.0 Å². The lowest BCUT2D eigenvalue weighted by molar-refractivity contribution is -0.122. The number of amides is 4. The number of barbiturate groups is 1. The van der Waals surface area contributed by atoms with Gasteiger partial charge >= 0.3 is 6.03 Å². The zero-order chi connectivity index (χ0) is 24.4. The molecule has 0 unspecified atom stereocenters. The van der Waals surface area contributed by atoms with Gasteiger partial charge in [0.1, 0.15) is 17.9 Å². The summed E-state index contributed by atoms with van der Waals surface area (Å²) in [5, 5.41) is 3.17. The number of nitrogens with zero attached hydrogens (tertiary/aromatic N) is 1. The number of rotatable bonds is 5. The maximum absolute atomic E-state index is 13.3. The number of anilines is 1. The highest BCUT2D eigenvalue weighted by molar-refractivity contribution is 9.10. The Morgan fingerprint density at radius 3 is 2.50 bits per heavy atom. The molecule has 172 valence electrons. The fourth-order valence-corrected chi connectivity index (χ4v) is 4.14. The van der Waals surface area contributed by atoms with E-state index >= 15 is 0 Å². The molecule has 4 rings (SSSR count). The average molecular weight is 560 g/mol. The quantitative estimate of drug-likeness (QED) is 0.293. The molecular formula is C25H17BrCl2N2O4. The molecular weight excluding hydrogens is 543 g/mol. The molecule has 1 saturated heterocycles. The molecule has 0 saturated carbocycles. The average Bonchev–Trinajstić information content (AvgIpc) is 2.79. The van der Waals surface area contributed by atoms with Crippen molar-refractivity contribution in [3.63, 3.8) is 0 Å². The Morgan fingerprint density at radius 1 is 1.00 bits per heavy atom. The Bertz CT molecular complexity index is 1360. The van der Waals surface area contributed by atoms with Crippen molar-refractivity contribution in [3.05, 3.63) is 97.4 Å². The highest BCUT2D eigenvalue weighted by atomic mass is 79.9. The molecule has 1 N–H and O–H groups in total. The molecule has 1 aliphatic rings. The van der Waals surface area contributed by atoms with Crippen molar-refractivity contribution in [2.45, 2.75) is 13.5 Å². The number of benzene rings is 3. The van der Waals surface area contributed by atoms with Gasteiger partial charge in [-0.25, -0.2) is 9.69 Å². The Labute approximate surface area is 214 Å². The second-order valence-electron chi connectivity index (χ2n) is 7.40. The van der Waals surface area contributed by atoms with Gasteiger partial charge in [-0.15, -0.1) is 0 Å². The summed E-state index contributed by atoms with van der Waals surface area (Å²) in [5.74, 6) is -1.14. The number of carbonyl (C=O) groups excluding carboxylic acids is 3. The van der Waals surface area contributed by atoms with Crippen LogP contribution in [0, 0.1) is 6.92 Å². The van der Waals surface area contributed by atoms with Gasteiger partial charge in [0.05, 0.1) is 5.69 Å². The standard InChI is InChI=1S/C25H17BrCl2N2O4/c1-14-19(27)7-4-8-21(14)30-24(32)18(23(31)29-25(30)33)12-16-11-17(26)9-10-22(16)34-13-15-5-2-3-6-20(15)28/h2-12H,13H2,1H3,(H,29,31,33)/b18-12+. The molecule has 0 atom stereocenters. The third-order valence-corrected chi connectivity index (χ3v) is 6.47. The Kier molecular flexibility index (Phi) is 7.07. The van der Waals surface area contributed by atoms with Crippen LogP contribution in [0.3, 0.4) is 0 Å². The minimum absolute atomic E-state index is 0.184. The lowest BCUT2D eigenvalue weighted by Gasteiger charge is -2.28. The number of hydrogen-bond donors (Lipinski definition) is 1. The maximum Gasteiger partial charge on any atom is 0.335 e. The van der Waals surface area contributed by atoms with E-state index in [0.29, 0.717) is 31.4 Å². The predicted octanol–water partition coefficient (Wildman–Crippen LogP) is 6.31. The Balaban J connectivity index is 1.71. The summed E-state index contributed by atoms with van der Waals surface area (Å²) in [6.45, 7) is 1.87. The van der Waals surface area contributed by atoms with Crippen LogP contribution < -0.4 is 15.0 Å². The van der Waals surface area contributed by atoms with E-state index in [-0.39, 0.29) is 17.9 Å². The van der Waals surface area contributed by atoms with Crippen molar-refractivity contribution in [2.24, 2.45) is 0 Å². The van der Waals surface area contributed by atoms with Crippen molar-refractivity contribution in [1.82, 2.24) is 5.32 Å². The van der Waals surface area contributed by atoms with Gasteiger partial charge in [-0.2, -0.15) is 0 Å². The first kappa shape index (κ1) is 24.0. The molecule has 0 spiro atoms. The van der Waals surface area contributed by atoms with Crippen LogP contribution in [0.5, 0.6) is 5.75 Å². The molecule has 1 fully saturated rings. The number of imide groups is 2. The lowest BCUT2D eigenvalue weighted by Crippen LogP contribution is -2.54. The van der Waals surface area contributed by atoms with Crippen molar-refractivity contribution in [3.8, 4) is 5.75 Å². The lowest BCUT2D eigenvalue weighted by atomic mass is 10.0. The van der Waals surface area contributed by atoms with Gasteiger partial charge in [0.25, 0.3) is 11.8 Å². The molecule has 0 aliphatic carbocycles. The third kappa shape index (κ3) is 4.87. The highest BCUT2D eigenvalue weighted by Gasteiger charge is 2.37. The number of halogens is 3. The molecule has 34 heavy (non-hydrogen) atoms. The Hall–Kier alpha value is -3.13. The van der Waals surface area contributed by atoms with Crippen LogP contribution in [-0.4, -0.2) is 17.8 Å². The molecule has 0 radical (unpaired) electrons. The molecule has 4 amide bonds. The SMILES string of the molecule is Cc1c(Cl)cccc1N1C(=O)NC(=O)/C(=C\c2cc(Br)ccc2OCc2ccccc2Cl)C1=O. The van der Waals surface area contributed by atoms with Gasteiger partial charge in [0, 0.05) is 25.6 Å². The zero-order valence-corrected chi connectivity index (χ0v) is 20.9. The van der Waals surface area contributed by atoms with Gasteiger partial charge in [0.15, 0.2) is 0 Å². The fourth-order valence-electron chi connectivity index (χ4n) is 3.40. The fraction of sp³-hybridized carbons (Fsp3) is 0.0800. The summed E-state index contributed by atoms with van der Waals surface area (Å²) >= 11 is 15.8. The number of carbonyl (C=O) groups is 3. The summed E-state index contributed by atoms with van der Waals surface area (Å²) in [4.78, 5) is 39.4. The summed E-state index contributed by atoms with van der Waals surface area (Å²) in [5.41, 5.74) is 1.85. The number of nitrogens with one attached hydrogen (secondary N) is 1. The molecule has 0 bridgehead atoms. The third-order valence-electron chi connectivity index (χ3n) is 5.19. The van der Waals surface area contributed by atoms with Crippen LogP contribution in [0.2, 0.25) is 10.0 Å². The normalized spacial score (nSPS) is 15.0. The summed E-state index contributed by atoms with van der Waals surface area (Å²) in [7, 11) is 0. The van der Waals surface area contributed by atoms with Crippen LogP contribution in [0.4, 0.5) is 10.5 Å². The van der Waals surface area contributed by atoms with Gasteiger partial charge in [-0.3, -0.25) is 14.9 Å². The first-order valence-corrected chi connectivity index (χ1v) is 11.6. The molecule has 1 heterocycles. The number of hydrogen-bond acceptors (Lipinski definition) is 4. The summed E-state index contributed by atoms with van der Waals surface area (Å²) in [6.07, 6.45) is 1.39. The summed E-state index contributed by atoms with van der Waals surface area (Å²) in [6, 6.07) is 16.5. The monoisotopic (exact) mass is 558 g/mol. The minimum Gasteiger partial charge on any atom is -0.488 e. The molecule has 9 heteroatoms. The highest BCUT2D eigenvalue weighted by Crippen LogP contribution is 2.31. The van der Waals surface area contributed by atoms with Crippen molar-refractivity contribution in [2.75, 3.05) is 4.90 Å². The van der Waals surface area contributed by atoms with E-state index in [1.54, 1.807) is 49.4 Å². The van der Waals surface area contributed by atoms with E-state index in [1.807, 2.05) is 18.2 Å². The Morgan fingerprint density at radius 2 is 1.74 bits per heavy atom. The van der Waals surface area contributed by atoms with E-state index in [9.17, 15) is 14.4 Å². The number of urea groups is 1. The minimum atomic E-state index is -0.845. The zero-order valence-electron chi connectivity index (χ0n) is 17.8. The molecule has 1 aliphatic heterocycles. The second kappa shape index (κ2) is 10.0. The van der Waals surface area contributed by atoms with Crippen molar-refractivity contribution in [1.29, 1.82) is 0 Å². The van der Waals surface area contributed by atoms with E-state index in [1.165, 1.54) is 6.08 Å². The van der Waals surface area contributed by atoms with Gasteiger partial charge < -0.3 is 4.74 Å². The summed E-state index contributed by atoms with van der Waals surface area (Å²) < 4.78 is 6.66. The smallest absolute Gasteiger partial charge is 0.335 e. The van der Waals surface area contributed by atoms with Crippen LogP contribution in [-0.2, 0) is 16.2 Å². The largest absolute Gasteiger partial charge is 0.488 e. The van der Waals surface area contributed by atoms with E-state index < -0.39 is 17.8 Å². The van der Waals surface area contributed by atoms with Crippen molar-refractivity contribution >= 4 is 68.7 Å². The van der Waals surface area contributed by atoms with Crippen LogP contribution >= 0.6 is 39.1 Å². The van der Waals surface area contributed by atoms with E-state index in [4.69, 9.17) is 27.9 Å². The second-order valence-corrected chi connectivity index (χ2v) is 9.13. The van der Waals surface area contributed by atoms with E-state index in [2.05, 4.69) is 21.2 Å². The van der Waals surface area contributed by atoms with Gasteiger partial charge in [0.2, 0.25) is 0 Å².